The molecule has 0 saturated heterocycles. The van der Waals surface area contributed by atoms with Gasteiger partial charge in [0.1, 0.15) is 10.7 Å². The molecule has 1 aromatic heterocycles. The summed E-state index contributed by atoms with van der Waals surface area (Å²) in [6, 6.07) is 9.26. The third-order valence-corrected chi connectivity index (χ3v) is 4.80. The summed E-state index contributed by atoms with van der Waals surface area (Å²) in [7, 11) is 0. The lowest BCUT2D eigenvalue weighted by Crippen LogP contribution is -2.37. The minimum absolute atomic E-state index is 0.542. The van der Waals surface area contributed by atoms with Gasteiger partial charge in [0.25, 0.3) is 0 Å². The highest BCUT2D eigenvalue weighted by molar-refractivity contribution is 7.10. The number of hydrogen-bond donors (Lipinski definition) is 1. The van der Waals surface area contributed by atoms with Crippen LogP contribution in [0, 0.1) is 0 Å². The van der Waals surface area contributed by atoms with E-state index < -0.39 is 0 Å². The highest BCUT2D eigenvalue weighted by atomic mass is 32.1. The second-order valence-electron chi connectivity index (χ2n) is 5.62. The summed E-state index contributed by atoms with van der Waals surface area (Å²) < 4.78 is 4.12. The molecule has 112 valence electrons. The van der Waals surface area contributed by atoms with Gasteiger partial charge in [-0.1, -0.05) is 29.6 Å². The van der Waals surface area contributed by atoms with Crippen LogP contribution >= 0.6 is 11.5 Å². The van der Waals surface area contributed by atoms with Gasteiger partial charge in [-0.2, -0.15) is 0 Å². The molecule has 3 rings (SSSR count). The Bertz CT molecular complexity index is 595. The first-order chi connectivity index (χ1) is 10.3. The van der Waals surface area contributed by atoms with Gasteiger partial charge in [0.15, 0.2) is 0 Å². The van der Waals surface area contributed by atoms with Gasteiger partial charge < -0.3 is 10.2 Å². The molecule has 1 aliphatic heterocycles. The summed E-state index contributed by atoms with van der Waals surface area (Å²) in [5.41, 5.74) is 3.87. The average Bonchev–Trinajstić information content (AvgIpc) is 2.95. The molecule has 1 aliphatic rings. The summed E-state index contributed by atoms with van der Waals surface area (Å²) in [4.78, 5) is 2.46. The fourth-order valence-corrected chi connectivity index (χ4v) is 3.45. The fourth-order valence-electron chi connectivity index (χ4n) is 2.85. The predicted molar refractivity (Wildman–Crippen MR) is 89.1 cm³/mol. The predicted octanol–water partition coefficient (Wildman–Crippen LogP) is 3.70. The lowest BCUT2D eigenvalue weighted by Gasteiger charge is -2.36. The van der Waals surface area contributed by atoms with E-state index in [0.717, 1.165) is 30.2 Å². The SMILES string of the molecule is CCCNc1snnc1CN1c2ccccc2CCC1C. The van der Waals surface area contributed by atoms with E-state index in [1.54, 1.807) is 0 Å². The third kappa shape index (κ3) is 3.02. The number of para-hydroxylation sites is 1. The molecule has 4 nitrogen and oxygen atoms in total. The Hall–Kier alpha value is -1.62. The van der Waals surface area contributed by atoms with E-state index in [4.69, 9.17) is 0 Å². The number of aromatic nitrogens is 2. The second-order valence-corrected chi connectivity index (χ2v) is 6.37. The van der Waals surface area contributed by atoms with Crippen molar-refractivity contribution in [2.45, 2.75) is 45.7 Å². The lowest BCUT2D eigenvalue weighted by molar-refractivity contribution is 0.556. The number of fused-ring (bicyclic) bond motifs is 1. The first-order valence-electron chi connectivity index (χ1n) is 7.69. The quantitative estimate of drug-likeness (QED) is 0.914. The normalized spacial score (nSPS) is 17.6. The Morgan fingerprint density at radius 2 is 2.24 bits per heavy atom. The Balaban J connectivity index is 1.83. The maximum absolute atomic E-state index is 4.33. The number of nitrogens with one attached hydrogen (secondary N) is 1. The van der Waals surface area contributed by atoms with E-state index in [0.29, 0.717) is 6.04 Å². The van der Waals surface area contributed by atoms with E-state index in [2.05, 4.69) is 57.9 Å². The molecule has 0 fully saturated rings. The molecule has 2 aromatic rings. The first-order valence-corrected chi connectivity index (χ1v) is 8.46. The van der Waals surface area contributed by atoms with Crippen molar-refractivity contribution in [1.29, 1.82) is 0 Å². The first kappa shape index (κ1) is 14.3. The van der Waals surface area contributed by atoms with Crippen molar-refractivity contribution in [1.82, 2.24) is 9.59 Å². The standard InChI is InChI=1S/C16H22N4S/c1-3-10-17-16-14(18-19-21-16)11-20-12(2)8-9-13-6-4-5-7-15(13)20/h4-7,12,17H,3,8-11H2,1-2H3. The smallest absolute Gasteiger partial charge is 0.135 e. The molecule has 0 radical (unpaired) electrons. The van der Waals surface area contributed by atoms with E-state index >= 15 is 0 Å². The summed E-state index contributed by atoms with van der Waals surface area (Å²) in [5.74, 6) is 0. The van der Waals surface area contributed by atoms with Crippen molar-refractivity contribution in [2.24, 2.45) is 0 Å². The van der Waals surface area contributed by atoms with Gasteiger partial charge in [0.05, 0.1) is 6.54 Å². The van der Waals surface area contributed by atoms with Crippen molar-refractivity contribution in [3.8, 4) is 0 Å². The zero-order valence-electron chi connectivity index (χ0n) is 12.7. The second kappa shape index (κ2) is 6.43. The summed E-state index contributed by atoms with van der Waals surface area (Å²) in [5, 5.41) is 8.89. The van der Waals surface area contributed by atoms with Crippen LogP contribution in [0.4, 0.5) is 10.7 Å². The number of hydrogen-bond acceptors (Lipinski definition) is 5. The molecular weight excluding hydrogens is 280 g/mol. The monoisotopic (exact) mass is 302 g/mol. The Kier molecular flexibility index (Phi) is 4.39. The Labute approximate surface area is 130 Å². The number of rotatable bonds is 5. The maximum atomic E-state index is 4.33. The van der Waals surface area contributed by atoms with Crippen LogP contribution in [-0.2, 0) is 13.0 Å². The van der Waals surface area contributed by atoms with Gasteiger partial charge in [-0.05, 0) is 37.8 Å². The summed E-state index contributed by atoms with van der Waals surface area (Å²) >= 11 is 1.46. The van der Waals surface area contributed by atoms with Crippen LogP contribution in [0.1, 0.15) is 37.9 Å². The van der Waals surface area contributed by atoms with E-state index in [9.17, 15) is 0 Å². The molecule has 0 saturated carbocycles. The van der Waals surface area contributed by atoms with Gasteiger partial charge in [-0.25, -0.2) is 0 Å². The van der Waals surface area contributed by atoms with Gasteiger partial charge in [0, 0.05) is 29.8 Å². The number of anilines is 2. The molecule has 2 heterocycles. The minimum atomic E-state index is 0.542. The van der Waals surface area contributed by atoms with Crippen LogP contribution in [-0.4, -0.2) is 22.2 Å². The van der Waals surface area contributed by atoms with Gasteiger partial charge >= 0.3 is 0 Å². The van der Waals surface area contributed by atoms with Crippen LogP contribution < -0.4 is 10.2 Å². The van der Waals surface area contributed by atoms with Gasteiger partial charge in [-0.3, -0.25) is 0 Å². The van der Waals surface area contributed by atoms with Gasteiger partial charge in [-0.15, -0.1) is 5.10 Å². The molecule has 1 N–H and O–H groups in total. The van der Waals surface area contributed by atoms with Crippen LogP contribution in [0.15, 0.2) is 24.3 Å². The highest BCUT2D eigenvalue weighted by Gasteiger charge is 2.24. The molecular formula is C16H22N4S. The molecule has 21 heavy (non-hydrogen) atoms. The van der Waals surface area contributed by atoms with Crippen LogP contribution in [0.3, 0.4) is 0 Å². The summed E-state index contributed by atoms with van der Waals surface area (Å²) in [6.07, 6.45) is 3.48. The average molecular weight is 302 g/mol. The molecule has 1 aromatic carbocycles. The van der Waals surface area contributed by atoms with Crippen LogP contribution in [0.25, 0.3) is 0 Å². The lowest BCUT2D eigenvalue weighted by atomic mass is 9.96. The molecule has 0 aliphatic carbocycles. The number of benzene rings is 1. The summed E-state index contributed by atoms with van der Waals surface area (Å²) in [6.45, 7) is 6.28. The molecule has 0 bridgehead atoms. The van der Waals surface area contributed by atoms with Gasteiger partial charge in [0.2, 0.25) is 0 Å². The molecule has 0 spiro atoms. The van der Waals surface area contributed by atoms with Crippen molar-refractivity contribution >= 4 is 22.2 Å². The molecule has 0 amide bonds. The van der Waals surface area contributed by atoms with Crippen LogP contribution in [0.5, 0.6) is 0 Å². The van der Waals surface area contributed by atoms with Crippen LogP contribution in [0.2, 0.25) is 0 Å². The van der Waals surface area contributed by atoms with Crippen molar-refractivity contribution in [3.05, 3.63) is 35.5 Å². The van der Waals surface area contributed by atoms with E-state index in [1.165, 1.54) is 35.6 Å². The van der Waals surface area contributed by atoms with E-state index in [1.807, 2.05) is 0 Å². The number of aryl methyl sites for hydroxylation is 1. The Morgan fingerprint density at radius 3 is 3.10 bits per heavy atom. The minimum Gasteiger partial charge on any atom is -0.374 e. The zero-order chi connectivity index (χ0) is 14.7. The van der Waals surface area contributed by atoms with Crippen molar-refractivity contribution in [3.63, 3.8) is 0 Å². The third-order valence-electron chi connectivity index (χ3n) is 4.08. The topological polar surface area (TPSA) is 41.1 Å². The van der Waals surface area contributed by atoms with E-state index in [-0.39, 0.29) is 0 Å². The molecule has 5 heteroatoms. The molecule has 1 unspecified atom stereocenters. The fraction of sp³-hybridized carbons (Fsp3) is 0.500. The zero-order valence-corrected chi connectivity index (χ0v) is 13.5. The van der Waals surface area contributed by atoms with Crippen molar-refractivity contribution in [2.75, 3.05) is 16.8 Å². The highest BCUT2D eigenvalue weighted by Crippen LogP contribution is 2.32. The largest absolute Gasteiger partial charge is 0.374 e. The molecule has 1 atom stereocenters. The Morgan fingerprint density at radius 1 is 1.38 bits per heavy atom. The number of nitrogens with zero attached hydrogens (tertiary/aromatic N) is 3. The van der Waals surface area contributed by atoms with Crippen molar-refractivity contribution < 1.29 is 0 Å². The maximum Gasteiger partial charge on any atom is 0.135 e.